The van der Waals surface area contributed by atoms with Crippen LogP contribution in [0.25, 0.3) is 0 Å². The van der Waals surface area contributed by atoms with Crippen molar-refractivity contribution in [3.05, 3.63) is 158 Å². The number of methoxy groups -OCH3 is 2. The number of nitrogens with two attached hydrogens (primary N) is 1. The van der Waals surface area contributed by atoms with Gasteiger partial charge in [0.05, 0.1) is 79.8 Å². The third-order valence-corrected chi connectivity index (χ3v) is 13.2. The number of aryl methyl sites for hydroxylation is 2. The van der Waals surface area contributed by atoms with Gasteiger partial charge in [-0.05, 0) is 79.6 Å². The van der Waals surface area contributed by atoms with Gasteiger partial charge in [-0.15, -0.1) is 0 Å². The fraction of sp³-hybridized carbons (Fsp3) is 0.208. The van der Waals surface area contributed by atoms with Crippen LogP contribution >= 0.6 is 23.2 Å². The lowest BCUT2D eigenvalue weighted by molar-refractivity contribution is -0.139. The average molecular weight is 1130 g/mol. The van der Waals surface area contributed by atoms with Crippen LogP contribution < -0.4 is 30.0 Å². The molecule has 400 valence electrons. The Labute approximate surface area is 436 Å². The Morgan fingerprint density at radius 3 is 1.47 bits per heavy atom. The number of carbonyl (C=O) groups is 3. The van der Waals surface area contributed by atoms with Crippen molar-refractivity contribution in [1.29, 1.82) is 0 Å². The highest BCUT2D eigenvalue weighted by Gasteiger charge is 2.36. The normalized spacial score (nSPS) is 11.2. The molecule has 27 heteroatoms. The number of nitrogen functional groups attached to an aromatic ring is 1. The number of pyridine rings is 2. The molecule has 0 aliphatic rings. The number of carbonyl (C=O) groups excluding carboxylic acids is 4. The number of sulfonamides is 2. The van der Waals surface area contributed by atoms with Crippen molar-refractivity contribution in [2.75, 3.05) is 43.5 Å². The third-order valence-electron chi connectivity index (χ3n) is 10.0. The maximum absolute atomic E-state index is 13.4. The van der Waals surface area contributed by atoms with Gasteiger partial charge in [0.15, 0.2) is 5.75 Å². The molecule has 0 fully saturated rings. The second-order valence-electron chi connectivity index (χ2n) is 15.0. The quantitative estimate of drug-likeness (QED) is 0.0261. The van der Waals surface area contributed by atoms with Crippen LogP contribution in [-0.4, -0.2) is 78.7 Å². The van der Waals surface area contributed by atoms with Crippen LogP contribution in [0.1, 0.15) is 67.3 Å². The van der Waals surface area contributed by atoms with Gasteiger partial charge in [-0.25, -0.2) is 36.6 Å². The Kier molecular flexibility index (Phi) is 21.1. The molecule has 0 spiro atoms. The number of alkyl halides is 6. The molecule has 17 nitrogen and oxygen atoms in total. The summed E-state index contributed by atoms with van der Waals surface area (Å²) >= 11 is 11.9. The van der Waals surface area contributed by atoms with Crippen LogP contribution in [-0.2, 0) is 48.4 Å². The van der Waals surface area contributed by atoms with E-state index in [-0.39, 0.29) is 92.0 Å². The molecule has 0 bridgehead atoms. The average Bonchev–Trinajstić information content (AvgIpc) is 3.33. The Hall–Kier alpha value is -7.57. The highest BCUT2D eigenvalue weighted by atomic mass is 35.5. The zero-order chi connectivity index (χ0) is 55.5. The van der Waals surface area contributed by atoms with Gasteiger partial charge in [0, 0.05) is 32.1 Å². The molecule has 5 N–H and O–H groups in total. The summed E-state index contributed by atoms with van der Waals surface area (Å²) in [6.07, 6.45) is -6.08. The first-order valence-electron chi connectivity index (χ1n) is 20.6. The van der Waals surface area contributed by atoms with Crippen molar-refractivity contribution in [3.63, 3.8) is 0 Å². The van der Waals surface area contributed by atoms with Gasteiger partial charge in [-0.1, -0.05) is 61.0 Å². The van der Waals surface area contributed by atoms with Crippen LogP contribution in [0.5, 0.6) is 11.5 Å². The molecular weight excluding hydrogens is 1080 g/mol. The van der Waals surface area contributed by atoms with Crippen molar-refractivity contribution < 1.29 is 71.8 Å². The maximum Gasteiger partial charge on any atom is 0.416 e. The van der Waals surface area contributed by atoms with Crippen molar-refractivity contribution in [2.45, 2.75) is 49.8 Å². The number of hydrogen-bond donors (Lipinski definition) is 4. The number of benzene rings is 4. The molecule has 0 radical (unpaired) electrons. The van der Waals surface area contributed by atoms with Gasteiger partial charge in [0.25, 0.3) is 20.0 Å². The third kappa shape index (κ3) is 15.5. The van der Waals surface area contributed by atoms with Crippen molar-refractivity contribution in [2.24, 2.45) is 4.99 Å². The van der Waals surface area contributed by atoms with E-state index in [1.165, 1.54) is 78.6 Å². The number of nitrogens with zero attached hydrogens (tertiary/aromatic N) is 3. The lowest BCUT2D eigenvalue weighted by Gasteiger charge is -2.16. The first-order valence-corrected chi connectivity index (χ1v) is 24.3. The Morgan fingerprint density at radius 2 is 1.09 bits per heavy atom. The molecule has 0 atom stereocenters. The summed E-state index contributed by atoms with van der Waals surface area (Å²) in [5, 5.41) is 2.42. The summed E-state index contributed by atoms with van der Waals surface area (Å²) in [5.74, 6) is -1.72. The standard InChI is InChI=1S/C24H21ClF3N3O5S.C21H17ClF3N3O4S.C2H3NO.CH4/c1-13-7-8-16(11-18(13)24(26,27)28)37(34,35)31-19-10-15(25)12-30-21(19)22(33)17-6-4-5-14(23(17)36-3)9-20(32)29-2;1-11-6-7-13(9-15(11)21(23,24)25)33(30,31)28-17-8-12(22)10-27-18(17)19(29)14-4-3-5-16(26)20(14)32-2;1-3-2-4;/h4-8,10-12,31H,9H2,1-3H3,(H,29,32);3-10,28H,26H2,1-2H3;1H3;1H4. The predicted octanol–water partition coefficient (Wildman–Crippen LogP) is 9.66. The Balaban J connectivity index is 0.000000366. The molecule has 75 heavy (non-hydrogen) atoms. The topological polar surface area (TPSA) is 255 Å². The van der Waals surface area contributed by atoms with Crippen molar-refractivity contribution in [1.82, 2.24) is 15.3 Å². The minimum atomic E-state index is -4.77. The van der Waals surface area contributed by atoms with Gasteiger partial charge >= 0.3 is 12.4 Å². The second-order valence-corrected chi connectivity index (χ2v) is 19.2. The van der Waals surface area contributed by atoms with E-state index in [0.717, 1.165) is 48.8 Å². The summed E-state index contributed by atoms with van der Waals surface area (Å²) in [6, 6.07) is 16.2. The zero-order valence-electron chi connectivity index (χ0n) is 39.3. The van der Waals surface area contributed by atoms with Crippen LogP contribution in [0.15, 0.2) is 112 Å². The number of ether oxygens (including phenoxy) is 2. The van der Waals surface area contributed by atoms with Crippen molar-refractivity contribution >= 4 is 83.9 Å². The minimum absolute atomic E-state index is 0. The molecule has 1 amide bonds. The number of likely N-dealkylation sites (N-methyl/N-ethyl adjacent to an activating group) is 1. The predicted molar refractivity (Wildman–Crippen MR) is 268 cm³/mol. The lowest BCUT2D eigenvalue weighted by atomic mass is 10.00. The smallest absolute Gasteiger partial charge is 0.416 e. The SMILES string of the molecule is C.CN=C=O.CNC(=O)Cc1cccc(C(=O)c2ncc(Cl)cc2NS(=O)(=O)c2ccc(C)c(C(F)(F)F)c2)c1OC.COc1c(N)cccc1C(=O)c1ncc(Cl)cc1NS(=O)(=O)c1ccc(C)c(C(F)(F)F)c1. The molecule has 0 unspecified atom stereocenters. The number of aliphatic imine (C=N–C) groups is 1. The fourth-order valence-corrected chi connectivity index (χ4v) is 9.05. The Morgan fingerprint density at radius 1 is 0.693 bits per heavy atom. The summed E-state index contributed by atoms with van der Waals surface area (Å²) < 4.78 is 146. The Bertz CT molecular complexity index is 3400. The van der Waals surface area contributed by atoms with E-state index in [0.29, 0.717) is 17.7 Å². The summed E-state index contributed by atoms with van der Waals surface area (Å²) in [7, 11) is -3.71. The molecule has 0 saturated heterocycles. The lowest BCUT2D eigenvalue weighted by Crippen LogP contribution is -2.21. The monoisotopic (exact) mass is 1130 g/mol. The number of aromatic nitrogens is 2. The number of nitrogens with one attached hydrogen (secondary N) is 3. The van der Waals surface area contributed by atoms with Gasteiger partial charge < -0.3 is 20.5 Å². The minimum Gasteiger partial charge on any atom is -0.496 e. The van der Waals surface area contributed by atoms with E-state index in [2.05, 4.69) is 29.7 Å². The van der Waals surface area contributed by atoms with E-state index in [1.54, 1.807) is 6.07 Å². The largest absolute Gasteiger partial charge is 0.496 e. The molecule has 6 rings (SSSR count). The molecule has 2 heterocycles. The van der Waals surface area contributed by atoms with Crippen LogP contribution in [0.4, 0.5) is 43.4 Å². The number of para-hydroxylation sites is 2. The molecular formula is C48H45Cl2F6N7O10S2. The number of amides is 1. The van der Waals surface area contributed by atoms with E-state index in [1.807, 2.05) is 0 Å². The van der Waals surface area contributed by atoms with Crippen LogP contribution in [0.2, 0.25) is 10.0 Å². The number of ketones is 2. The second kappa shape index (κ2) is 25.6. The molecule has 4 aromatic carbocycles. The molecule has 2 aromatic heterocycles. The molecule has 0 aliphatic carbocycles. The molecule has 0 aliphatic heterocycles. The van der Waals surface area contributed by atoms with Crippen molar-refractivity contribution in [3.8, 4) is 11.5 Å². The van der Waals surface area contributed by atoms with E-state index >= 15 is 0 Å². The fourth-order valence-electron chi connectivity index (χ4n) is 6.57. The first kappa shape index (κ1) is 61.7. The molecule has 0 saturated carbocycles. The zero-order valence-corrected chi connectivity index (χ0v) is 42.4. The number of anilines is 3. The molecule has 6 aromatic rings. The maximum atomic E-state index is 13.4. The number of halogens is 8. The van der Waals surface area contributed by atoms with Gasteiger partial charge in [-0.2, -0.15) is 26.3 Å². The highest BCUT2D eigenvalue weighted by molar-refractivity contribution is 7.93. The van der Waals surface area contributed by atoms with Gasteiger partial charge in [0.2, 0.25) is 23.6 Å². The van der Waals surface area contributed by atoms with Gasteiger partial charge in [0.1, 0.15) is 17.1 Å². The van der Waals surface area contributed by atoms with E-state index in [9.17, 15) is 57.6 Å². The van der Waals surface area contributed by atoms with Crippen LogP contribution in [0.3, 0.4) is 0 Å². The summed E-state index contributed by atoms with van der Waals surface area (Å²) in [6.45, 7) is 2.42. The summed E-state index contributed by atoms with van der Waals surface area (Å²) in [4.78, 5) is 56.8. The highest BCUT2D eigenvalue weighted by Crippen LogP contribution is 2.37. The van der Waals surface area contributed by atoms with Gasteiger partial charge in [-0.3, -0.25) is 23.8 Å². The number of rotatable bonds is 14. The first-order chi connectivity index (χ1) is 34.5. The van der Waals surface area contributed by atoms with Crippen LogP contribution in [0, 0.1) is 13.8 Å². The summed E-state index contributed by atoms with van der Waals surface area (Å²) in [5.41, 5.74) is 2.43. The number of hydrogen-bond acceptors (Lipinski definition) is 14. The van der Waals surface area contributed by atoms with E-state index < -0.39 is 64.9 Å². The van der Waals surface area contributed by atoms with E-state index in [4.69, 9.17) is 43.2 Å². The number of isocyanates is 1.